The van der Waals surface area contributed by atoms with Crippen LogP contribution in [0.1, 0.15) is 32.9 Å². The molecule has 0 fully saturated rings. The largest absolute Gasteiger partial charge is 0.337 e. The van der Waals surface area contributed by atoms with E-state index in [1.54, 1.807) is 0 Å². The molecule has 0 aliphatic rings. The van der Waals surface area contributed by atoms with Gasteiger partial charge in [-0.15, -0.1) is 6.58 Å². The first-order valence-electron chi connectivity index (χ1n) is 4.67. The lowest BCUT2D eigenvalue weighted by Gasteiger charge is -2.14. The Kier molecular flexibility index (Phi) is 2.91. The molecule has 0 amide bonds. The van der Waals surface area contributed by atoms with Gasteiger partial charge < -0.3 is 4.57 Å². The Bertz CT molecular complexity index is 279. The third-order valence-corrected chi connectivity index (χ3v) is 1.99. The van der Waals surface area contributed by atoms with Crippen LogP contribution in [0.25, 0.3) is 0 Å². The van der Waals surface area contributed by atoms with Crippen LogP contribution in [0, 0.1) is 0 Å². The number of hydrogen-bond donors (Lipinski definition) is 0. The van der Waals surface area contributed by atoms with Crippen molar-refractivity contribution in [3.63, 3.8) is 0 Å². The van der Waals surface area contributed by atoms with Crippen molar-refractivity contribution in [1.29, 1.82) is 0 Å². The Morgan fingerprint density at radius 3 is 2.69 bits per heavy atom. The molecular formula is C11H18N2. The zero-order chi connectivity index (χ0) is 9.90. The molecule has 0 radical (unpaired) electrons. The molecule has 0 atom stereocenters. The summed E-state index contributed by atoms with van der Waals surface area (Å²) in [4.78, 5) is 4.37. The van der Waals surface area contributed by atoms with Crippen LogP contribution in [0.2, 0.25) is 0 Å². The van der Waals surface area contributed by atoms with Crippen molar-refractivity contribution in [2.45, 2.75) is 39.2 Å². The molecule has 0 spiro atoms. The zero-order valence-corrected chi connectivity index (χ0v) is 8.75. The van der Waals surface area contributed by atoms with Crippen LogP contribution in [0.4, 0.5) is 0 Å². The average molecular weight is 178 g/mol. The highest BCUT2D eigenvalue weighted by atomic mass is 15.0. The summed E-state index contributed by atoms with van der Waals surface area (Å²) in [5, 5.41) is 0. The fraction of sp³-hybridized carbons (Fsp3) is 0.545. The summed E-state index contributed by atoms with van der Waals surface area (Å²) < 4.78 is 2.11. The quantitative estimate of drug-likeness (QED) is 0.651. The van der Waals surface area contributed by atoms with E-state index in [1.165, 1.54) is 0 Å². The number of aryl methyl sites for hydroxylation is 1. The second kappa shape index (κ2) is 3.77. The van der Waals surface area contributed by atoms with E-state index >= 15 is 0 Å². The predicted octanol–water partition coefficient (Wildman–Crippen LogP) is 2.76. The highest BCUT2D eigenvalue weighted by molar-refractivity contribution is 5.08. The molecule has 0 aliphatic heterocycles. The first-order chi connectivity index (χ1) is 6.04. The van der Waals surface area contributed by atoms with E-state index in [2.05, 4.69) is 43.1 Å². The van der Waals surface area contributed by atoms with E-state index in [1.807, 2.05) is 12.4 Å². The van der Waals surface area contributed by atoms with E-state index < -0.39 is 0 Å². The van der Waals surface area contributed by atoms with E-state index in [0.29, 0.717) is 0 Å². The Labute approximate surface area is 80.3 Å². The summed E-state index contributed by atoms with van der Waals surface area (Å²) in [7, 11) is 0. The molecule has 0 saturated carbocycles. The zero-order valence-electron chi connectivity index (χ0n) is 8.75. The second-order valence-electron chi connectivity index (χ2n) is 4.32. The topological polar surface area (TPSA) is 17.8 Å². The molecule has 0 saturated heterocycles. The molecule has 13 heavy (non-hydrogen) atoms. The fourth-order valence-electron chi connectivity index (χ4n) is 1.11. The maximum atomic E-state index is 4.37. The standard InChI is InChI=1S/C11H18N2/c1-5-6-7-13-8-10(12-9-13)11(2,3)4/h5,8-9H,1,6-7H2,2-4H3. The summed E-state index contributed by atoms with van der Waals surface area (Å²) in [6, 6.07) is 0. The Morgan fingerprint density at radius 1 is 1.54 bits per heavy atom. The van der Waals surface area contributed by atoms with E-state index in [0.717, 1.165) is 18.7 Å². The number of imidazole rings is 1. The SMILES string of the molecule is C=CCCn1cnc(C(C)(C)C)c1. The van der Waals surface area contributed by atoms with Crippen LogP contribution < -0.4 is 0 Å². The average Bonchev–Trinajstić information content (AvgIpc) is 2.47. The summed E-state index contributed by atoms with van der Waals surface area (Å²) in [6.45, 7) is 11.2. The van der Waals surface area contributed by atoms with Gasteiger partial charge in [-0.05, 0) is 6.42 Å². The van der Waals surface area contributed by atoms with Crippen LogP contribution in [0.5, 0.6) is 0 Å². The Morgan fingerprint density at radius 2 is 2.23 bits per heavy atom. The smallest absolute Gasteiger partial charge is 0.0949 e. The lowest BCUT2D eigenvalue weighted by atomic mass is 9.93. The van der Waals surface area contributed by atoms with Gasteiger partial charge in [0.2, 0.25) is 0 Å². The maximum Gasteiger partial charge on any atom is 0.0949 e. The summed E-state index contributed by atoms with van der Waals surface area (Å²) in [5.74, 6) is 0. The number of nitrogens with zero attached hydrogens (tertiary/aromatic N) is 2. The molecule has 0 bridgehead atoms. The summed E-state index contributed by atoms with van der Waals surface area (Å²) in [6.07, 6.45) is 6.93. The molecule has 1 heterocycles. The third kappa shape index (κ3) is 2.72. The van der Waals surface area contributed by atoms with Gasteiger partial charge in [-0.2, -0.15) is 0 Å². The van der Waals surface area contributed by atoms with Gasteiger partial charge >= 0.3 is 0 Å². The van der Waals surface area contributed by atoms with Gasteiger partial charge in [0.25, 0.3) is 0 Å². The fourth-order valence-corrected chi connectivity index (χ4v) is 1.11. The Hall–Kier alpha value is -1.05. The van der Waals surface area contributed by atoms with Crippen molar-refractivity contribution in [2.75, 3.05) is 0 Å². The van der Waals surface area contributed by atoms with Gasteiger partial charge in [-0.1, -0.05) is 26.8 Å². The van der Waals surface area contributed by atoms with Gasteiger partial charge in [0, 0.05) is 18.2 Å². The van der Waals surface area contributed by atoms with Crippen LogP contribution in [-0.2, 0) is 12.0 Å². The predicted molar refractivity (Wildman–Crippen MR) is 55.7 cm³/mol. The molecule has 0 N–H and O–H groups in total. The monoisotopic (exact) mass is 178 g/mol. The lowest BCUT2D eigenvalue weighted by molar-refractivity contribution is 0.570. The number of aromatic nitrogens is 2. The number of allylic oxidation sites excluding steroid dienone is 1. The van der Waals surface area contributed by atoms with Crippen molar-refractivity contribution in [3.05, 3.63) is 30.9 Å². The lowest BCUT2D eigenvalue weighted by Crippen LogP contribution is -2.11. The van der Waals surface area contributed by atoms with Gasteiger partial charge in [-0.25, -0.2) is 4.98 Å². The molecule has 2 heteroatoms. The summed E-state index contributed by atoms with van der Waals surface area (Å²) >= 11 is 0. The molecule has 2 nitrogen and oxygen atoms in total. The van der Waals surface area contributed by atoms with E-state index in [9.17, 15) is 0 Å². The van der Waals surface area contributed by atoms with Crippen LogP contribution in [0.3, 0.4) is 0 Å². The molecule has 72 valence electrons. The maximum absolute atomic E-state index is 4.37. The second-order valence-corrected chi connectivity index (χ2v) is 4.32. The van der Waals surface area contributed by atoms with Crippen molar-refractivity contribution in [3.8, 4) is 0 Å². The van der Waals surface area contributed by atoms with Gasteiger partial charge in [0.1, 0.15) is 0 Å². The third-order valence-electron chi connectivity index (χ3n) is 1.99. The normalized spacial score (nSPS) is 11.6. The minimum atomic E-state index is 0.152. The highest BCUT2D eigenvalue weighted by Crippen LogP contribution is 2.19. The van der Waals surface area contributed by atoms with Crippen molar-refractivity contribution in [1.82, 2.24) is 9.55 Å². The minimum absolute atomic E-state index is 0.152. The van der Waals surface area contributed by atoms with Crippen molar-refractivity contribution >= 4 is 0 Å². The molecule has 1 aromatic rings. The Balaban J connectivity index is 2.69. The molecule has 0 unspecified atom stereocenters. The van der Waals surface area contributed by atoms with Crippen LogP contribution in [0.15, 0.2) is 25.2 Å². The highest BCUT2D eigenvalue weighted by Gasteiger charge is 2.15. The van der Waals surface area contributed by atoms with Gasteiger partial charge in [0.05, 0.1) is 12.0 Å². The van der Waals surface area contributed by atoms with Gasteiger partial charge in [0.15, 0.2) is 0 Å². The van der Waals surface area contributed by atoms with Crippen LogP contribution in [-0.4, -0.2) is 9.55 Å². The number of rotatable bonds is 3. The molecule has 0 aromatic carbocycles. The molecule has 1 aromatic heterocycles. The van der Waals surface area contributed by atoms with E-state index in [4.69, 9.17) is 0 Å². The minimum Gasteiger partial charge on any atom is -0.337 e. The molecule has 0 aliphatic carbocycles. The summed E-state index contributed by atoms with van der Waals surface area (Å²) in [5.41, 5.74) is 1.30. The van der Waals surface area contributed by atoms with Crippen LogP contribution >= 0.6 is 0 Å². The van der Waals surface area contributed by atoms with Gasteiger partial charge in [-0.3, -0.25) is 0 Å². The first-order valence-corrected chi connectivity index (χ1v) is 4.67. The first kappa shape index (κ1) is 10.0. The molecular weight excluding hydrogens is 160 g/mol. The molecule has 1 rings (SSSR count). The van der Waals surface area contributed by atoms with Crippen molar-refractivity contribution in [2.24, 2.45) is 0 Å². The van der Waals surface area contributed by atoms with E-state index in [-0.39, 0.29) is 5.41 Å². The van der Waals surface area contributed by atoms with Crippen molar-refractivity contribution < 1.29 is 0 Å². The number of hydrogen-bond acceptors (Lipinski definition) is 1.